The highest BCUT2D eigenvalue weighted by molar-refractivity contribution is 5.68. The summed E-state index contributed by atoms with van der Waals surface area (Å²) in [4.78, 5) is 12.9. The number of aromatic nitrogens is 2. The Bertz CT molecular complexity index is 909. The first-order chi connectivity index (χ1) is 16.1. The number of allylic oxidation sites excluding steroid dienone is 1. The molecule has 10 heteroatoms. The van der Waals surface area contributed by atoms with Crippen LogP contribution in [0.15, 0.2) is 16.1 Å². The molecule has 34 heavy (non-hydrogen) atoms. The fourth-order valence-corrected chi connectivity index (χ4v) is 5.38. The molecule has 1 aliphatic carbocycles. The number of nitrogens with two attached hydrogens (primary N) is 1. The Hall–Kier alpha value is -2.17. The molecule has 3 fully saturated rings. The lowest BCUT2D eigenvalue weighted by Crippen LogP contribution is -2.56. The number of nitrogens with zero attached hydrogens (tertiary/aromatic N) is 2. The van der Waals surface area contributed by atoms with Crippen LogP contribution in [-0.2, 0) is 25.4 Å². The predicted octanol–water partition coefficient (Wildman–Crippen LogP) is 3.02. The molecule has 1 amide bonds. The van der Waals surface area contributed by atoms with Gasteiger partial charge in [-0.2, -0.15) is 0 Å². The topological polar surface area (TPSA) is 138 Å². The number of hydrogen-bond donors (Lipinski definition) is 2. The zero-order valence-electron chi connectivity index (χ0n) is 21.0. The van der Waals surface area contributed by atoms with Crippen molar-refractivity contribution in [1.29, 1.82) is 0 Å². The summed E-state index contributed by atoms with van der Waals surface area (Å²) >= 11 is 0. The van der Waals surface area contributed by atoms with E-state index in [9.17, 15) is 4.79 Å². The maximum atomic E-state index is 12.9. The molecule has 0 bridgehead atoms. The Morgan fingerprint density at radius 3 is 2.65 bits per heavy atom. The van der Waals surface area contributed by atoms with Crippen molar-refractivity contribution in [3.8, 4) is 0 Å². The highest BCUT2D eigenvalue weighted by atomic mass is 16.6. The number of ether oxygens (including phenoxy) is 4. The quantitative estimate of drug-likeness (QED) is 0.405. The summed E-state index contributed by atoms with van der Waals surface area (Å²) in [7, 11) is 1.67. The van der Waals surface area contributed by atoms with Crippen molar-refractivity contribution in [2.75, 3.05) is 19.5 Å². The van der Waals surface area contributed by atoms with Crippen LogP contribution in [0.25, 0.3) is 0 Å². The van der Waals surface area contributed by atoms with E-state index in [0.717, 1.165) is 12.8 Å². The molecular formula is C24H38N4O6. The van der Waals surface area contributed by atoms with Crippen LogP contribution in [0.5, 0.6) is 0 Å². The van der Waals surface area contributed by atoms with E-state index in [2.05, 4.69) is 42.4 Å². The van der Waals surface area contributed by atoms with Gasteiger partial charge in [-0.3, -0.25) is 0 Å². The maximum absolute atomic E-state index is 12.9. The number of amides is 1. The van der Waals surface area contributed by atoms with E-state index in [0.29, 0.717) is 25.3 Å². The number of carbonyl (C=O) groups excluding carboxylic acids is 1. The third-order valence-electron chi connectivity index (χ3n) is 7.48. The Morgan fingerprint density at radius 1 is 1.35 bits per heavy atom. The van der Waals surface area contributed by atoms with Crippen molar-refractivity contribution in [2.45, 2.75) is 95.9 Å². The first-order valence-corrected chi connectivity index (χ1v) is 12.1. The summed E-state index contributed by atoms with van der Waals surface area (Å²) in [5.74, 6) is 0.475. The van der Waals surface area contributed by atoms with E-state index in [1.807, 2.05) is 13.8 Å². The zero-order chi connectivity index (χ0) is 24.7. The molecule has 3 aliphatic rings. The van der Waals surface area contributed by atoms with E-state index >= 15 is 0 Å². The van der Waals surface area contributed by atoms with Crippen LogP contribution in [0, 0.1) is 11.8 Å². The summed E-state index contributed by atoms with van der Waals surface area (Å²) < 4.78 is 29.4. The van der Waals surface area contributed by atoms with Gasteiger partial charge in [-0.25, -0.2) is 4.79 Å². The van der Waals surface area contributed by atoms with Gasteiger partial charge in [0, 0.05) is 19.6 Å². The Morgan fingerprint density at radius 2 is 2.09 bits per heavy atom. The van der Waals surface area contributed by atoms with E-state index < -0.39 is 12.2 Å². The fourth-order valence-electron chi connectivity index (χ4n) is 5.38. The van der Waals surface area contributed by atoms with Crippen molar-refractivity contribution in [3.05, 3.63) is 17.5 Å². The molecule has 1 aromatic heterocycles. The summed E-state index contributed by atoms with van der Waals surface area (Å²) in [6.07, 6.45) is 3.78. The minimum Gasteiger partial charge on any atom is -0.443 e. The van der Waals surface area contributed by atoms with Gasteiger partial charge < -0.3 is 34.4 Å². The highest BCUT2D eigenvalue weighted by Crippen LogP contribution is 2.59. The third kappa shape index (κ3) is 5.08. The van der Waals surface area contributed by atoms with E-state index in [1.165, 1.54) is 5.57 Å². The number of alkyl carbamates (subject to hydrolysis) is 1. The van der Waals surface area contributed by atoms with Crippen molar-refractivity contribution < 1.29 is 28.2 Å². The molecule has 3 N–H and O–H groups in total. The fraction of sp³-hybridized carbons (Fsp3) is 0.792. The van der Waals surface area contributed by atoms with Crippen molar-refractivity contribution in [1.82, 2.24) is 15.5 Å². The van der Waals surface area contributed by atoms with E-state index in [-0.39, 0.29) is 47.3 Å². The van der Waals surface area contributed by atoms with Crippen molar-refractivity contribution >= 4 is 12.1 Å². The number of nitrogen functional groups attached to an aromatic ring is 1. The van der Waals surface area contributed by atoms with Gasteiger partial charge in [-0.1, -0.05) is 30.6 Å². The smallest absolute Gasteiger partial charge is 0.407 e. The standard InChI is InChI=1S/C24H38N4O6/c1-13(2)7-8-17-23(5,34-17)20-19(30-6)16(9-10-24(20)12-31-24)32-22(29)26-15(14(3)4)11-18-27-28-21(25)33-18/h7,14-17,19-20H,8-12H2,1-6H3,(H2,25,28)(H,26,29)/t15-,16-,17-,19-,20-,23+,24+/m1/s1. The Labute approximate surface area is 200 Å². The average molecular weight is 479 g/mol. The Balaban J connectivity index is 1.42. The minimum absolute atomic E-state index is 0.00572. The predicted molar refractivity (Wildman–Crippen MR) is 124 cm³/mol. The van der Waals surface area contributed by atoms with Gasteiger partial charge in [0.25, 0.3) is 0 Å². The highest BCUT2D eigenvalue weighted by Gasteiger charge is 2.72. The SMILES string of the molecule is CO[C@@H]1[C@H](OC(=O)N[C@H](Cc2nnc(N)o2)C(C)C)CC[C@]2(CO2)[C@H]1[C@@]1(C)O[C@@H]1CC=C(C)C. The number of methoxy groups -OCH3 is 1. The van der Waals surface area contributed by atoms with E-state index in [4.69, 9.17) is 29.1 Å². The molecule has 1 saturated carbocycles. The normalized spacial score (nSPS) is 35.1. The number of carbonyl (C=O) groups is 1. The molecule has 0 radical (unpaired) electrons. The monoisotopic (exact) mass is 478 g/mol. The number of epoxide rings is 2. The van der Waals surface area contributed by atoms with Crippen LogP contribution in [0.2, 0.25) is 0 Å². The lowest BCUT2D eigenvalue weighted by molar-refractivity contribution is -0.118. The second-order valence-electron chi connectivity index (χ2n) is 10.6. The average Bonchev–Trinajstić information content (AvgIpc) is 3.64. The third-order valence-corrected chi connectivity index (χ3v) is 7.48. The second kappa shape index (κ2) is 9.47. The molecular weight excluding hydrogens is 440 g/mol. The molecule has 1 spiro atoms. The largest absolute Gasteiger partial charge is 0.443 e. The van der Waals surface area contributed by atoms with Crippen molar-refractivity contribution in [3.63, 3.8) is 0 Å². The van der Waals surface area contributed by atoms with Crippen molar-refractivity contribution in [2.24, 2.45) is 11.8 Å². The molecule has 1 aromatic rings. The lowest BCUT2D eigenvalue weighted by atomic mass is 9.68. The molecule has 190 valence electrons. The summed E-state index contributed by atoms with van der Waals surface area (Å²) in [6, 6.07) is -0.241. The molecule has 10 nitrogen and oxygen atoms in total. The van der Waals surface area contributed by atoms with Crippen LogP contribution in [-0.4, -0.2) is 65.6 Å². The van der Waals surface area contributed by atoms with Crippen LogP contribution in [0.4, 0.5) is 10.8 Å². The zero-order valence-corrected chi connectivity index (χ0v) is 21.0. The van der Waals surface area contributed by atoms with E-state index in [1.54, 1.807) is 7.11 Å². The summed E-state index contributed by atoms with van der Waals surface area (Å²) in [6.45, 7) is 11.0. The molecule has 0 aromatic carbocycles. The van der Waals surface area contributed by atoms with Gasteiger partial charge in [-0.05, 0) is 46.0 Å². The molecule has 0 unspecified atom stereocenters. The molecule has 4 rings (SSSR count). The number of anilines is 1. The molecule has 2 saturated heterocycles. The van der Waals surface area contributed by atoms with Gasteiger partial charge >= 0.3 is 12.1 Å². The van der Waals surface area contributed by atoms with Crippen LogP contribution < -0.4 is 11.1 Å². The Kier molecular flexibility index (Phi) is 6.94. The summed E-state index contributed by atoms with van der Waals surface area (Å²) in [5.41, 5.74) is 6.15. The molecule has 3 heterocycles. The van der Waals surface area contributed by atoms with Gasteiger partial charge in [0.05, 0.1) is 18.6 Å². The van der Waals surface area contributed by atoms with Crippen LogP contribution >= 0.6 is 0 Å². The van der Waals surface area contributed by atoms with Gasteiger partial charge in [0.2, 0.25) is 5.89 Å². The number of nitrogens with one attached hydrogen (secondary N) is 1. The maximum Gasteiger partial charge on any atom is 0.407 e. The number of rotatable bonds is 9. The lowest BCUT2D eigenvalue weighted by Gasteiger charge is -2.42. The summed E-state index contributed by atoms with van der Waals surface area (Å²) in [5, 5.41) is 10.5. The van der Waals surface area contributed by atoms with Crippen LogP contribution in [0.3, 0.4) is 0 Å². The van der Waals surface area contributed by atoms with Gasteiger partial charge in [0.1, 0.15) is 23.4 Å². The molecule has 7 atom stereocenters. The molecule has 2 aliphatic heterocycles. The van der Waals surface area contributed by atoms with Crippen LogP contribution in [0.1, 0.15) is 59.8 Å². The first kappa shape index (κ1) is 24.9. The second-order valence-corrected chi connectivity index (χ2v) is 10.6. The van der Waals surface area contributed by atoms with Gasteiger partial charge in [0.15, 0.2) is 0 Å². The first-order valence-electron chi connectivity index (χ1n) is 12.1. The minimum atomic E-state index is -0.493. The van der Waals surface area contributed by atoms with Gasteiger partial charge in [-0.15, -0.1) is 5.10 Å². The number of hydrogen-bond acceptors (Lipinski definition) is 9.